The number of nitrogens with zero attached hydrogens (tertiary/aromatic N) is 1. The van der Waals surface area contributed by atoms with Crippen molar-refractivity contribution < 1.29 is 14.0 Å². The molecule has 1 aliphatic rings. The SMILES string of the molecule is NC(=O)c1cccc(NC(=O)Nc2ccccc2)c1CN1CCC(Cc2ccc(F)cc2)CC1. The molecule has 1 saturated heterocycles. The fourth-order valence-electron chi connectivity index (χ4n) is 4.44. The van der Waals surface area contributed by atoms with Gasteiger partial charge in [0.05, 0.1) is 0 Å². The van der Waals surface area contributed by atoms with E-state index in [1.807, 2.05) is 30.3 Å². The number of nitrogens with two attached hydrogens (primary N) is 1. The van der Waals surface area contributed by atoms with Crippen molar-refractivity contribution in [1.29, 1.82) is 0 Å². The van der Waals surface area contributed by atoms with Crippen molar-refractivity contribution in [3.8, 4) is 0 Å². The second-order valence-electron chi connectivity index (χ2n) is 8.69. The molecule has 0 atom stereocenters. The van der Waals surface area contributed by atoms with E-state index in [-0.39, 0.29) is 11.8 Å². The molecule has 34 heavy (non-hydrogen) atoms. The minimum absolute atomic E-state index is 0.214. The number of urea groups is 1. The lowest BCUT2D eigenvalue weighted by Gasteiger charge is -2.33. The molecule has 0 aromatic heterocycles. The first-order valence-electron chi connectivity index (χ1n) is 11.5. The normalized spacial score (nSPS) is 14.5. The molecule has 7 heteroatoms. The number of para-hydroxylation sites is 1. The van der Waals surface area contributed by atoms with Crippen molar-refractivity contribution in [3.63, 3.8) is 0 Å². The molecule has 0 spiro atoms. The van der Waals surface area contributed by atoms with Crippen LogP contribution in [0.15, 0.2) is 72.8 Å². The van der Waals surface area contributed by atoms with E-state index in [9.17, 15) is 14.0 Å². The number of rotatable bonds is 7. The van der Waals surface area contributed by atoms with Gasteiger partial charge in [-0.2, -0.15) is 0 Å². The molecule has 0 unspecified atom stereocenters. The molecule has 0 aliphatic carbocycles. The number of carbonyl (C=O) groups excluding carboxylic acids is 2. The molecule has 4 rings (SSSR count). The highest BCUT2D eigenvalue weighted by Crippen LogP contribution is 2.27. The van der Waals surface area contributed by atoms with Gasteiger partial charge in [0.15, 0.2) is 0 Å². The monoisotopic (exact) mass is 460 g/mol. The van der Waals surface area contributed by atoms with Crippen molar-refractivity contribution >= 4 is 23.3 Å². The van der Waals surface area contributed by atoms with E-state index < -0.39 is 5.91 Å². The molecule has 0 radical (unpaired) electrons. The van der Waals surface area contributed by atoms with Crippen molar-refractivity contribution in [1.82, 2.24) is 4.90 Å². The Morgan fingerprint density at radius 2 is 1.62 bits per heavy atom. The smallest absolute Gasteiger partial charge is 0.323 e. The van der Waals surface area contributed by atoms with E-state index in [1.165, 1.54) is 12.1 Å². The summed E-state index contributed by atoms with van der Waals surface area (Å²) in [4.78, 5) is 27.0. The molecule has 4 N–H and O–H groups in total. The maximum atomic E-state index is 13.2. The quantitative estimate of drug-likeness (QED) is 0.462. The van der Waals surface area contributed by atoms with Gasteiger partial charge in [0.25, 0.3) is 0 Å². The number of piperidine rings is 1. The Morgan fingerprint density at radius 1 is 0.912 bits per heavy atom. The van der Waals surface area contributed by atoms with Gasteiger partial charge in [-0.1, -0.05) is 36.4 Å². The molecule has 6 nitrogen and oxygen atoms in total. The van der Waals surface area contributed by atoms with Crippen LogP contribution >= 0.6 is 0 Å². The van der Waals surface area contributed by atoms with Crippen molar-refractivity contribution in [2.24, 2.45) is 11.7 Å². The number of amides is 3. The number of benzene rings is 3. The fraction of sp³-hybridized carbons (Fsp3) is 0.259. The lowest BCUT2D eigenvalue weighted by molar-refractivity contribution is 0.0997. The van der Waals surface area contributed by atoms with Gasteiger partial charge in [0.1, 0.15) is 5.82 Å². The summed E-state index contributed by atoms with van der Waals surface area (Å²) in [5.41, 5.74) is 9.17. The standard InChI is InChI=1S/C27H29FN4O2/c28-21-11-9-19(10-12-21)17-20-13-15-32(16-14-20)18-24-23(26(29)33)7-4-8-25(24)31-27(34)30-22-5-2-1-3-6-22/h1-12,20H,13-18H2,(H2,29,33)(H2,30,31,34). The van der Waals surface area contributed by atoms with Crippen LogP contribution < -0.4 is 16.4 Å². The predicted octanol–water partition coefficient (Wildman–Crippen LogP) is 5.02. The largest absolute Gasteiger partial charge is 0.366 e. The van der Waals surface area contributed by atoms with Crippen molar-refractivity contribution in [3.05, 3.63) is 95.3 Å². The van der Waals surface area contributed by atoms with E-state index in [4.69, 9.17) is 5.73 Å². The van der Waals surface area contributed by atoms with Gasteiger partial charge >= 0.3 is 6.03 Å². The zero-order valence-electron chi connectivity index (χ0n) is 19.0. The van der Waals surface area contributed by atoms with Gasteiger partial charge in [-0.05, 0) is 80.2 Å². The highest BCUT2D eigenvalue weighted by atomic mass is 19.1. The Balaban J connectivity index is 1.41. The van der Waals surface area contributed by atoms with Crippen LogP contribution in [0.5, 0.6) is 0 Å². The molecule has 1 aliphatic heterocycles. The molecule has 3 aromatic carbocycles. The Kier molecular flexibility index (Phi) is 7.54. The van der Waals surface area contributed by atoms with Crippen molar-refractivity contribution in [2.45, 2.75) is 25.8 Å². The second kappa shape index (κ2) is 10.9. The van der Waals surface area contributed by atoms with Gasteiger partial charge in [-0.15, -0.1) is 0 Å². The number of nitrogens with one attached hydrogen (secondary N) is 2. The lowest BCUT2D eigenvalue weighted by atomic mass is 9.90. The van der Waals surface area contributed by atoms with E-state index in [2.05, 4.69) is 15.5 Å². The molecule has 0 bridgehead atoms. The molecular formula is C27H29FN4O2. The van der Waals surface area contributed by atoms with Gasteiger partial charge in [0.2, 0.25) is 5.91 Å². The molecule has 176 valence electrons. The maximum absolute atomic E-state index is 13.2. The van der Waals surface area contributed by atoms with Crippen LogP contribution in [0.3, 0.4) is 0 Å². The van der Waals surface area contributed by atoms with Crippen LogP contribution in [0.2, 0.25) is 0 Å². The van der Waals surface area contributed by atoms with Crippen LogP contribution in [0.25, 0.3) is 0 Å². The van der Waals surface area contributed by atoms with E-state index in [1.54, 1.807) is 30.3 Å². The third-order valence-corrected chi connectivity index (χ3v) is 6.25. The Labute approximate surface area is 199 Å². The zero-order valence-corrected chi connectivity index (χ0v) is 19.0. The summed E-state index contributed by atoms with van der Waals surface area (Å²) in [5.74, 6) is -0.204. The highest BCUT2D eigenvalue weighted by molar-refractivity contribution is 6.02. The summed E-state index contributed by atoms with van der Waals surface area (Å²) < 4.78 is 13.2. The summed E-state index contributed by atoms with van der Waals surface area (Å²) in [7, 11) is 0. The molecule has 1 fully saturated rings. The average molecular weight is 461 g/mol. The minimum Gasteiger partial charge on any atom is -0.366 e. The average Bonchev–Trinajstić information content (AvgIpc) is 2.83. The first-order valence-corrected chi connectivity index (χ1v) is 11.5. The number of hydrogen-bond acceptors (Lipinski definition) is 3. The zero-order chi connectivity index (χ0) is 23.9. The van der Waals surface area contributed by atoms with E-state index >= 15 is 0 Å². The Morgan fingerprint density at radius 3 is 2.29 bits per heavy atom. The highest BCUT2D eigenvalue weighted by Gasteiger charge is 2.23. The van der Waals surface area contributed by atoms with Crippen LogP contribution in [0, 0.1) is 11.7 Å². The first kappa shape index (κ1) is 23.4. The number of hydrogen-bond donors (Lipinski definition) is 3. The second-order valence-corrected chi connectivity index (χ2v) is 8.69. The van der Waals surface area contributed by atoms with Gasteiger partial charge in [0, 0.05) is 29.0 Å². The number of anilines is 2. The summed E-state index contributed by atoms with van der Waals surface area (Å²) in [6.07, 6.45) is 2.94. The van der Waals surface area contributed by atoms with Crippen molar-refractivity contribution in [2.75, 3.05) is 23.7 Å². The molecular weight excluding hydrogens is 431 g/mol. The summed E-state index contributed by atoms with van der Waals surface area (Å²) >= 11 is 0. The Bertz CT molecular complexity index is 1130. The molecule has 3 aromatic rings. The minimum atomic E-state index is -0.520. The summed E-state index contributed by atoms with van der Waals surface area (Å²) in [6.45, 7) is 2.26. The fourth-order valence-corrected chi connectivity index (χ4v) is 4.44. The Hall–Kier alpha value is -3.71. The molecule has 0 saturated carbocycles. The van der Waals surface area contributed by atoms with Gasteiger partial charge in [-0.25, -0.2) is 9.18 Å². The van der Waals surface area contributed by atoms with Crippen LogP contribution in [-0.4, -0.2) is 29.9 Å². The van der Waals surface area contributed by atoms with E-state index in [0.717, 1.165) is 43.5 Å². The number of primary amides is 1. The third kappa shape index (κ3) is 6.20. The number of likely N-dealkylation sites (tertiary alicyclic amines) is 1. The lowest BCUT2D eigenvalue weighted by Crippen LogP contribution is -2.35. The molecule has 1 heterocycles. The maximum Gasteiger partial charge on any atom is 0.323 e. The van der Waals surface area contributed by atoms with E-state index in [0.29, 0.717) is 29.4 Å². The van der Waals surface area contributed by atoms with Crippen LogP contribution in [0.1, 0.15) is 34.3 Å². The van der Waals surface area contributed by atoms with Gasteiger partial charge < -0.3 is 16.4 Å². The summed E-state index contributed by atoms with van der Waals surface area (Å²) in [6, 6.07) is 20.7. The van der Waals surface area contributed by atoms with Gasteiger partial charge in [-0.3, -0.25) is 9.69 Å². The molecule has 3 amide bonds. The third-order valence-electron chi connectivity index (χ3n) is 6.25. The number of halogens is 1. The predicted molar refractivity (Wildman–Crippen MR) is 132 cm³/mol. The first-order chi connectivity index (χ1) is 16.5. The summed E-state index contributed by atoms with van der Waals surface area (Å²) in [5, 5.41) is 5.67. The van der Waals surface area contributed by atoms with Crippen LogP contribution in [0.4, 0.5) is 20.6 Å². The number of carbonyl (C=O) groups is 2. The van der Waals surface area contributed by atoms with Crippen LogP contribution in [-0.2, 0) is 13.0 Å². The topological polar surface area (TPSA) is 87.5 Å².